The second-order valence-corrected chi connectivity index (χ2v) is 11.0. The maximum atomic E-state index is 16.5. The summed E-state index contributed by atoms with van der Waals surface area (Å²) in [4.78, 5) is 12.2. The Balaban J connectivity index is 1.64. The standard InChI is InChI=1S/C30H33F2N3O4/c1-3-30(29(36)37)10-6-17(7-11-30)24-25-22(14-19-16-33-34-27(19)26(25)32)35(28(24)18-8-12-39-13-9-18)20-4-5-21(31)23(15-20)38-2/h4-5,14-18H,3,6-13H2,1-2H3,(H,33,34)(H,36,37). The van der Waals surface area contributed by atoms with Gasteiger partial charge in [0.2, 0.25) is 0 Å². The van der Waals surface area contributed by atoms with Crippen LogP contribution in [0.2, 0.25) is 0 Å². The van der Waals surface area contributed by atoms with Gasteiger partial charge in [0.1, 0.15) is 5.52 Å². The topological polar surface area (TPSA) is 89.4 Å². The van der Waals surface area contributed by atoms with Crippen molar-refractivity contribution in [3.05, 3.63) is 53.4 Å². The minimum absolute atomic E-state index is 0.0113. The van der Waals surface area contributed by atoms with Gasteiger partial charge in [0.05, 0.1) is 24.2 Å². The van der Waals surface area contributed by atoms with E-state index < -0.39 is 17.2 Å². The monoisotopic (exact) mass is 537 g/mol. The average Bonchev–Trinajstić information content (AvgIpc) is 3.57. The number of fused-ring (bicyclic) bond motifs is 2. The zero-order valence-corrected chi connectivity index (χ0v) is 22.2. The molecule has 1 aliphatic carbocycles. The summed E-state index contributed by atoms with van der Waals surface area (Å²) < 4.78 is 44.0. The summed E-state index contributed by atoms with van der Waals surface area (Å²) in [5.41, 5.74) is 2.93. The van der Waals surface area contributed by atoms with Gasteiger partial charge in [-0.25, -0.2) is 8.78 Å². The number of hydrogen-bond acceptors (Lipinski definition) is 4. The molecule has 206 valence electrons. The van der Waals surface area contributed by atoms with Crippen molar-refractivity contribution in [1.29, 1.82) is 0 Å². The molecule has 9 heteroatoms. The summed E-state index contributed by atoms with van der Waals surface area (Å²) >= 11 is 0. The highest BCUT2D eigenvalue weighted by Crippen LogP contribution is 2.51. The van der Waals surface area contributed by atoms with Crippen LogP contribution >= 0.6 is 0 Å². The first kappa shape index (κ1) is 25.8. The van der Waals surface area contributed by atoms with E-state index >= 15 is 4.39 Å². The highest BCUT2D eigenvalue weighted by Gasteiger charge is 2.43. The first-order chi connectivity index (χ1) is 18.9. The molecule has 0 bridgehead atoms. The summed E-state index contributed by atoms with van der Waals surface area (Å²) in [6.45, 7) is 3.15. The number of halogens is 2. The lowest BCUT2D eigenvalue weighted by molar-refractivity contribution is -0.151. The number of aromatic nitrogens is 3. The second kappa shape index (κ2) is 9.93. The highest BCUT2D eigenvalue weighted by molar-refractivity contribution is 6.00. The van der Waals surface area contributed by atoms with E-state index in [1.165, 1.54) is 13.2 Å². The molecule has 1 saturated heterocycles. The first-order valence-electron chi connectivity index (χ1n) is 13.7. The van der Waals surface area contributed by atoms with Crippen LogP contribution in [-0.2, 0) is 9.53 Å². The van der Waals surface area contributed by atoms with Crippen molar-refractivity contribution >= 4 is 27.8 Å². The Morgan fingerprint density at radius 1 is 1.18 bits per heavy atom. The van der Waals surface area contributed by atoms with Gasteiger partial charge in [-0.15, -0.1) is 0 Å². The van der Waals surface area contributed by atoms with Gasteiger partial charge in [-0.3, -0.25) is 9.89 Å². The molecule has 3 heterocycles. The molecule has 2 N–H and O–H groups in total. The van der Waals surface area contributed by atoms with Crippen molar-refractivity contribution in [2.45, 2.75) is 63.7 Å². The van der Waals surface area contributed by atoms with Gasteiger partial charge < -0.3 is 19.1 Å². The summed E-state index contributed by atoms with van der Waals surface area (Å²) in [5.74, 6) is -1.37. The fraction of sp³-hybridized carbons (Fsp3) is 0.467. The van der Waals surface area contributed by atoms with Gasteiger partial charge in [-0.05, 0) is 74.6 Å². The average molecular weight is 538 g/mol. The van der Waals surface area contributed by atoms with Crippen LogP contribution in [0.5, 0.6) is 5.75 Å². The van der Waals surface area contributed by atoms with Crippen molar-refractivity contribution < 1.29 is 28.2 Å². The Hall–Kier alpha value is -3.46. The fourth-order valence-electron chi connectivity index (χ4n) is 6.88. The molecule has 0 atom stereocenters. The van der Waals surface area contributed by atoms with Gasteiger partial charge in [-0.1, -0.05) is 6.92 Å². The minimum Gasteiger partial charge on any atom is -0.494 e. The molecule has 1 aliphatic heterocycles. The van der Waals surface area contributed by atoms with Crippen molar-refractivity contribution in [1.82, 2.24) is 14.8 Å². The molecular formula is C30H33F2N3O4. The van der Waals surface area contributed by atoms with E-state index in [0.717, 1.165) is 24.1 Å². The lowest BCUT2D eigenvalue weighted by Crippen LogP contribution is -2.34. The lowest BCUT2D eigenvalue weighted by atomic mass is 9.67. The van der Waals surface area contributed by atoms with E-state index in [4.69, 9.17) is 9.47 Å². The van der Waals surface area contributed by atoms with Crippen molar-refractivity contribution in [2.24, 2.45) is 5.41 Å². The van der Waals surface area contributed by atoms with E-state index in [1.807, 2.05) is 13.0 Å². The highest BCUT2D eigenvalue weighted by atomic mass is 19.1. The molecule has 4 aromatic rings. The van der Waals surface area contributed by atoms with Crippen molar-refractivity contribution in [3.63, 3.8) is 0 Å². The normalized spacial score (nSPS) is 22.5. The third-order valence-electron chi connectivity index (χ3n) is 9.17. The molecule has 6 rings (SSSR count). The molecule has 0 radical (unpaired) electrons. The maximum Gasteiger partial charge on any atom is 0.309 e. The van der Waals surface area contributed by atoms with Crippen LogP contribution in [0.1, 0.15) is 75.0 Å². The third kappa shape index (κ3) is 4.09. The van der Waals surface area contributed by atoms with Gasteiger partial charge in [-0.2, -0.15) is 5.10 Å². The quantitative estimate of drug-likeness (QED) is 0.282. The Labute approximate surface area is 225 Å². The molecular weight excluding hydrogens is 504 g/mol. The molecule has 39 heavy (non-hydrogen) atoms. The van der Waals surface area contributed by atoms with Crippen LogP contribution in [-0.4, -0.2) is 46.2 Å². The largest absolute Gasteiger partial charge is 0.494 e. The summed E-state index contributed by atoms with van der Waals surface area (Å²) in [5, 5.41) is 18.1. The molecule has 2 aliphatic rings. The predicted octanol–water partition coefficient (Wildman–Crippen LogP) is 6.83. The molecule has 0 spiro atoms. The summed E-state index contributed by atoms with van der Waals surface area (Å²) in [6.07, 6.45) is 6.14. The number of carboxylic acid groups (broad SMARTS) is 1. The Bertz CT molecular complexity index is 1550. The second-order valence-electron chi connectivity index (χ2n) is 11.0. The molecule has 2 aromatic heterocycles. The van der Waals surface area contributed by atoms with Crippen molar-refractivity contribution in [2.75, 3.05) is 20.3 Å². The van der Waals surface area contributed by atoms with Crippen LogP contribution in [0.3, 0.4) is 0 Å². The summed E-state index contributed by atoms with van der Waals surface area (Å²) in [7, 11) is 1.43. The van der Waals surface area contributed by atoms with Crippen LogP contribution in [0.15, 0.2) is 30.5 Å². The molecule has 7 nitrogen and oxygen atoms in total. The number of hydrogen-bond donors (Lipinski definition) is 2. The van der Waals surface area contributed by atoms with E-state index in [9.17, 15) is 14.3 Å². The van der Waals surface area contributed by atoms with Crippen LogP contribution < -0.4 is 4.74 Å². The fourth-order valence-corrected chi connectivity index (χ4v) is 6.88. The number of carboxylic acids is 1. The zero-order valence-electron chi connectivity index (χ0n) is 22.2. The number of nitrogens with one attached hydrogen (secondary N) is 1. The maximum absolute atomic E-state index is 16.5. The van der Waals surface area contributed by atoms with Crippen molar-refractivity contribution in [3.8, 4) is 11.4 Å². The van der Waals surface area contributed by atoms with Crippen LogP contribution in [0.4, 0.5) is 8.78 Å². The third-order valence-corrected chi connectivity index (χ3v) is 9.17. The predicted molar refractivity (Wildman–Crippen MR) is 144 cm³/mol. The number of rotatable bonds is 6. The van der Waals surface area contributed by atoms with E-state index in [1.54, 1.807) is 18.3 Å². The zero-order chi connectivity index (χ0) is 27.3. The molecule has 2 fully saturated rings. The Kier molecular flexibility index (Phi) is 6.57. The van der Waals surface area contributed by atoms with Gasteiger partial charge in [0, 0.05) is 47.4 Å². The molecule has 0 unspecified atom stereocenters. The van der Waals surface area contributed by atoms with E-state index in [-0.39, 0.29) is 23.4 Å². The number of ether oxygens (including phenoxy) is 2. The number of aliphatic carboxylic acids is 1. The molecule has 0 amide bonds. The Morgan fingerprint density at radius 3 is 2.59 bits per heavy atom. The molecule has 1 saturated carbocycles. The number of methoxy groups -OCH3 is 1. The Morgan fingerprint density at radius 2 is 1.92 bits per heavy atom. The number of carbonyl (C=O) groups is 1. The molecule has 2 aromatic carbocycles. The lowest BCUT2D eigenvalue weighted by Gasteiger charge is -2.37. The van der Waals surface area contributed by atoms with Gasteiger partial charge >= 0.3 is 5.97 Å². The number of benzene rings is 2. The number of nitrogens with zero attached hydrogens (tertiary/aromatic N) is 2. The van der Waals surface area contributed by atoms with Crippen LogP contribution in [0.25, 0.3) is 27.5 Å². The number of H-pyrrole nitrogens is 1. The van der Waals surface area contributed by atoms with E-state index in [0.29, 0.717) is 72.8 Å². The summed E-state index contributed by atoms with van der Waals surface area (Å²) in [6, 6.07) is 6.68. The first-order valence-corrected chi connectivity index (χ1v) is 13.7. The number of aromatic amines is 1. The van der Waals surface area contributed by atoms with E-state index in [2.05, 4.69) is 14.8 Å². The van der Waals surface area contributed by atoms with Crippen LogP contribution in [0, 0.1) is 17.0 Å². The smallest absolute Gasteiger partial charge is 0.309 e. The minimum atomic E-state index is -0.751. The SMILES string of the molecule is CCC1(C(=O)O)CCC(c2c(C3CCOCC3)n(-c3ccc(F)c(OC)c3)c3cc4cn[nH]c4c(F)c23)CC1. The van der Waals surface area contributed by atoms with Gasteiger partial charge in [0.25, 0.3) is 0 Å². The van der Waals surface area contributed by atoms with Gasteiger partial charge in [0.15, 0.2) is 17.4 Å².